The first-order chi connectivity index (χ1) is 30.4. The molecule has 0 amide bonds. The van der Waals surface area contributed by atoms with Crippen LogP contribution in [-0.4, -0.2) is 0 Å². The van der Waals surface area contributed by atoms with Crippen LogP contribution in [0.25, 0.3) is 50.2 Å². The van der Waals surface area contributed by atoms with Crippen LogP contribution in [0.1, 0.15) is 76.1 Å². The third-order valence-electron chi connectivity index (χ3n) is 13.6. The van der Waals surface area contributed by atoms with Crippen LogP contribution < -0.4 is 11.1 Å². The Bertz CT molecular complexity index is 3090. The van der Waals surface area contributed by atoms with Crippen molar-refractivity contribution in [2.45, 2.75) is 36.9 Å². The summed E-state index contributed by atoms with van der Waals surface area (Å²) in [6, 6.07) is 77.3. The molecule has 2 nitrogen and oxygen atoms in total. The lowest BCUT2D eigenvalue weighted by Gasteiger charge is -2.34. The minimum absolute atomic E-state index is 0.0873. The Labute approximate surface area is 365 Å². The molecule has 0 aromatic heterocycles. The molecule has 2 aliphatic rings. The standard InChI is InChI=1S/C60H48N2/c1-59(2)52-30-16-27-47(56(52)50-38-43-20-12-13-21-44(43)39-54(50)59)41-35-32-40(33-36-41)34-37-55(62-58(61)42-18-6-3-7-19-42)49-28-17-31-53-57(49)48-26-14-15-29-51(48)60(53,45-22-8-4-9-23-45)46-24-10-5-11-25-46/h3-39,55,58,62H,61H2,1-2H3/b37-34+. The summed E-state index contributed by atoms with van der Waals surface area (Å²) in [4.78, 5) is 0. The van der Waals surface area contributed by atoms with Gasteiger partial charge in [0.1, 0.15) is 0 Å². The summed E-state index contributed by atoms with van der Waals surface area (Å²) in [5.74, 6) is 0. The average Bonchev–Trinajstić information content (AvgIpc) is 3.76. The van der Waals surface area contributed by atoms with Crippen molar-refractivity contribution < 1.29 is 0 Å². The van der Waals surface area contributed by atoms with Gasteiger partial charge in [-0.15, -0.1) is 0 Å². The molecule has 9 aromatic rings. The van der Waals surface area contributed by atoms with E-state index in [1.54, 1.807) is 0 Å². The van der Waals surface area contributed by atoms with Crippen LogP contribution >= 0.6 is 0 Å². The van der Waals surface area contributed by atoms with E-state index < -0.39 is 11.6 Å². The highest BCUT2D eigenvalue weighted by molar-refractivity contribution is 5.98. The molecule has 0 heterocycles. The van der Waals surface area contributed by atoms with Crippen molar-refractivity contribution in [3.8, 4) is 33.4 Å². The largest absolute Gasteiger partial charge is 0.312 e. The van der Waals surface area contributed by atoms with Crippen LogP contribution in [0, 0.1) is 0 Å². The molecule has 2 unspecified atom stereocenters. The van der Waals surface area contributed by atoms with Crippen LogP contribution in [0.5, 0.6) is 0 Å². The molecule has 9 aromatic carbocycles. The van der Waals surface area contributed by atoms with Gasteiger partial charge in [-0.2, -0.15) is 0 Å². The number of nitrogens with two attached hydrogens (primary N) is 1. The Kier molecular flexibility index (Phi) is 9.23. The second-order valence-corrected chi connectivity index (χ2v) is 17.4. The van der Waals surface area contributed by atoms with Gasteiger partial charge in [-0.05, 0) is 106 Å². The van der Waals surface area contributed by atoms with Gasteiger partial charge in [0.15, 0.2) is 0 Å². The Morgan fingerprint density at radius 2 is 1.03 bits per heavy atom. The van der Waals surface area contributed by atoms with Crippen molar-refractivity contribution in [1.82, 2.24) is 5.32 Å². The fourth-order valence-corrected chi connectivity index (χ4v) is 10.7. The zero-order chi connectivity index (χ0) is 41.8. The van der Waals surface area contributed by atoms with E-state index in [9.17, 15) is 0 Å². The average molecular weight is 797 g/mol. The molecule has 3 N–H and O–H groups in total. The summed E-state index contributed by atoms with van der Waals surface area (Å²) in [7, 11) is 0. The molecule has 0 spiro atoms. The maximum absolute atomic E-state index is 7.04. The van der Waals surface area contributed by atoms with Crippen molar-refractivity contribution >= 4 is 16.8 Å². The first-order valence-electron chi connectivity index (χ1n) is 21.8. The molecule has 2 heteroatoms. The van der Waals surface area contributed by atoms with Gasteiger partial charge in [-0.3, -0.25) is 5.32 Å². The maximum atomic E-state index is 7.04. The molecular formula is C60H48N2. The zero-order valence-electron chi connectivity index (χ0n) is 35.1. The van der Waals surface area contributed by atoms with Crippen LogP contribution in [0.15, 0.2) is 218 Å². The molecule has 0 bridgehead atoms. The number of hydrogen-bond acceptors (Lipinski definition) is 2. The fraction of sp³-hybridized carbons (Fsp3) is 0.100. The monoisotopic (exact) mass is 796 g/mol. The molecule has 298 valence electrons. The molecule has 11 rings (SSSR count). The van der Waals surface area contributed by atoms with Gasteiger partial charge in [0.2, 0.25) is 0 Å². The first kappa shape index (κ1) is 37.9. The second kappa shape index (κ2) is 15.1. The molecular weight excluding hydrogens is 749 g/mol. The normalized spacial score (nSPS) is 15.1. The number of nitrogens with one attached hydrogen (secondary N) is 1. The first-order valence-corrected chi connectivity index (χ1v) is 21.8. The summed E-state index contributed by atoms with van der Waals surface area (Å²) in [5.41, 5.74) is 25.3. The summed E-state index contributed by atoms with van der Waals surface area (Å²) < 4.78 is 0. The van der Waals surface area contributed by atoms with Crippen molar-refractivity contribution in [2.75, 3.05) is 0 Å². The second-order valence-electron chi connectivity index (χ2n) is 17.4. The zero-order valence-corrected chi connectivity index (χ0v) is 35.1. The molecule has 2 atom stereocenters. The molecule has 0 saturated heterocycles. The molecule has 2 aliphatic carbocycles. The highest BCUT2D eigenvalue weighted by Gasteiger charge is 2.47. The summed E-state index contributed by atoms with van der Waals surface area (Å²) in [6.45, 7) is 4.73. The highest BCUT2D eigenvalue weighted by atomic mass is 15.0. The van der Waals surface area contributed by atoms with E-state index in [0.717, 1.165) is 11.1 Å². The topological polar surface area (TPSA) is 38.0 Å². The third-order valence-corrected chi connectivity index (χ3v) is 13.6. The van der Waals surface area contributed by atoms with Crippen molar-refractivity contribution in [3.05, 3.63) is 268 Å². The van der Waals surface area contributed by atoms with Crippen molar-refractivity contribution in [3.63, 3.8) is 0 Å². The fourth-order valence-electron chi connectivity index (χ4n) is 10.7. The number of benzene rings is 9. The van der Waals surface area contributed by atoms with E-state index in [1.807, 2.05) is 6.07 Å². The quantitative estimate of drug-likeness (QED) is 0.143. The molecule has 62 heavy (non-hydrogen) atoms. The molecule has 0 fully saturated rings. The van der Waals surface area contributed by atoms with Crippen LogP contribution in [0.2, 0.25) is 0 Å². The van der Waals surface area contributed by atoms with Gasteiger partial charge in [-0.25, -0.2) is 0 Å². The van der Waals surface area contributed by atoms with Crippen LogP contribution in [0.4, 0.5) is 0 Å². The van der Waals surface area contributed by atoms with Crippen LogP contribution in [-0.2, 0) is 10.8 Å². The Morgan fingerprint density at radius 3 is 1.74 bits per heavy atom. The summed E-state index contributed by atoms with van der Waals surface area (Å²) in [5, 5.41) is 6.44. The molecule has 0 saturated carbocycles. The Balaban J connectivity index is 1.02. The lowest BCUT2D eigenvalue weighted by molar-refractivity contribution is 0.509. The van der Waals surface area contributed by atoms with Gasteiger partial charge in [-0.1, -0.05) is 226 Å². The number of hydrogen-bond donors (Lipinski definition) is 2. The van der Waals surface area contributed by atoms with Gasteiger partial charge >= 0.3 is 0 Å². The van der Waals surface area contributed by atoms with Gasteiger partial charge < -0.3 is 5.73 Å². The Morgan fingerprint density at radius 1 is 0.468 bits per heavy atom. The van der Waals surface area contributed by atoms with Crippen molar-refractivity contribution in [1.29, 1.82) is 0 Å². The van der Waals surface area contributed by atoms with E-state index in [0.29, 0.717) is 0 Å². The van der Waals surface area contributed by atoms with E-state index in [4.69, 9.17) is 5.73 Å². The lowest BCUT2D eigenvalue weighted by atomic mass is 9.67. The van der Waals surface area contributed by atoms with E-state index in [-0.39, 0.29) is 11.5 Å². The maximum Gasteiger partial charge on any atom is 0.0817 e. The van der Waals surface area contributed by atoms with Gasteiger partial charge in [0, 0.05) is 5.41 Å². The lowest BCUT2D eigenvalue weighted by Crippen LogP contribution is -2.32. The van der Waals surface area contributed by atoms with Gasteiger partial charge in [0.05, 0.1) is 17.6 Å². The molecule has 0 radical (unpaired) electrons. The summed E-state index contributed by atoms with van der Waals surface area (Å²) >= 11 is 0. The summed E-state index contributed by atoms with van der Waals surface area (Å²) in [6.07, 6.45) is 4.16. The van der Waals surface area contributed by atoms with E-state index in [1.165, 1.54) is 83.1 Å². The minimum atomic E-state index is -0.490. The van der Waals surface area contributed by atoms with Gasteiger partial charge in [0.25, 0.3) is 0 Å². The smallest absolute Gasteiger partial charge is 0.0817 e. The Hall–Kier alpha value is -7.10. The third kappa shape index (κ3) is 6.02. The highest BCUT2D eigenvalue weighted by Crippen LogP contribution is 2.58. The molecule has 0 aliphatic heterocycles. The van der Waals surface area contributed by atoms with Crippen molar-refractivity contribution in [2.24, 2.45) is 5.73 Å². The number of rotatable bonds is 9. The van der Waals surface area contributed by atoms with Crippen LogP contribution in [0.3, 0.4) is 0 Å². The predicted molar refractivity (Wildman–Crippen MR) is 259 cm³/mol. The number of fused-ring (bicyclic) bond motifs is 7. The van der Waals surface area contributed by atoms with E-state index >= 15 is 0 Å². The minimum Gasteiger partial charge on any atom is -0.312 e. The predicted octanol–water partition coefficient (Wildman–Crippen LogP) is 14.2. The SMILES string of the molecule is CC1(C)c2cc3ccccc3cc2-c2c(-c3ccc(/C=C/C(NC(N)c4ccccc4)c4cccc5c4-c4ccccc4C5(c4ccccc4)c4ccccc4)cc3)cccc21. The van der Waals surface area contributed by atoms with E-state index in [2.05, 4.69) is 238 Å².